The van der Waals surface area contributed by atoms with E-state index in [1.807, 2.05) is 11.8 Å². The molecule has 0 bridgehead atoms. The van der Waals surface area contributed by atoms with E-state index in [1.54, 1.807) is 19.0 Å². The van der Waals surface area contributed by atoms with E-state index < -0.39 is 0 Å². The van der Waals surface area contributed by atoms with E-state index in [0.717, 1.165) is 25.5 Å². The third kappa shape index (κ3) is 12.8. The van der Waals surface area contributed by atoms with Crippen molar-refractivity contribution in [1.29, 1.82) is 0 Å². The van der Waals surface area contributed by atoms with Crippen LogP contribution in [0.15, 0.2) is 4.99 Å². The molecule has 0 aromatic heterocycles. The molecule has 0 radical (unpaired) electrons. The highest BCUT2D eigenvalue weighted by molar-refractivity contribution is 7.98. The molecule has 22 heavy (non-hydrogen) atoms. The molecule has 6 heteroatoms. The SMILES string of the molecule is CSCCCCCCNC(=NCC(=O)N(C)C)NCC(C)C. The summed E-state index contributed by atoms with van der Waals surface area (Å²) in [4.78, 5) is 17.6. The van der Waals surface area contributed by atoms with E-state index >= 15 is 0 Å². The van der Waals surface area contributed by atoms with Gasteiger partial charge in [0.1, 0.15) is 6.54 Å². The summed E-state index contributed by atoms with van der Waals surface area (Å²) in [5.41, 5.74) is 0. The first-order valence-electron chi connectivity index (χ1n) is 8.18. The Kier molecular flexibility index (Phi) is 13.2. The van der Waals surface area contributed by atoms with Gasteiger partial charge in [-0.25, -0.2) is 4.99 Å². The van der Waals surface area contributed by atoms with Crippen molar-refractivity contribution in [3.05, 3.63) is 0 Å². The van der Waals surface area contributed by atoms with Crippen LogP contribution < -0.4 is 10.6 Å². The fraction of sp³-hybridized carbons (Fsp3) is 0.875. The van der Waals surface area contributed by atoms with Crippen LogP contribution in [0, 0.1) is 5.92 Å². The highest BCUT2D eigenvalue weighted by Gasteiger charge is 2.04. The standard InChI is InChI=1S/C16H34N4OS/c1-14(2)12-18-16(19-13-15(21)20(3)4)17-10-8-6-7-9-11-22-5/h14H,6-13H2,1-5H3,(H2,17,18,19). The molecular formula is C16H34N4OS. The van der Waals surface area contributed by atoms with Crippen LogP contribution in [0.1, 0.15) is 39.5 Å². The van der Waals surface area contributed by atoms with Crippen molar-refractivity contribution in [1.82, 2.24) is 15.5 Å². The number of unbranched alkanes of at least 4 members (excludes halogenated alkanes) is 3. The number of carbonyl (C=O) groups is 1. The summed E-state index contributed by atoms with van der Waals surface area (Å²) in [6.45, 7) is 6.26. The number of guanidine groups is 1. The number of amides is 1. The normalized spacial score (nSPS) is 11.6. The molecule has 0 aromatic rings. The Hall–Kier alpha value is -0.910. The number of aliphatic imine (C=N–C) groups is 1. The second kappa shape index (κ2) is 13.7. The monoisotopic (exact) mass is 330 g/mol. The summed E-state index contributed by atoms with van der Waals surface area (Å²) in [5.74, 6) is 2.56. The van der Waals surface area contributed by atoms with Gasteiger partial charge in [0.2, 0.25) is 5.91 Å². The van der Waals surface area contributed by atoms with Gasteiger partial charge in [-0.2, -0.15) is 11.8 Å². The minimum Gasteiger partial charge on any atom is -0.356 e. The zero-order valence-electron chi connectivity index (χ0n) is 14.9. The van der Waals surface area contributed by atoms with Crippen molar-refractivity contribution in [2.75, 3.05) is 45.7 Å². The number of likely N-dealkylation sites (N-methyl/N-ethyl adjacent to an activating group) is 1. The quantitative estimate of drug-likeness (QED) is 0.346. The average molecular weight is 331 g/mol. The van der Waals surface area contributed by atoms with Gasteiger partial charge in [-0.05, 0) is 30.8 Å². The van der Waals surface area contributed by atoms with Gasteiger partial charge in [0.25, 0.3) is 0 Å². The first-order valence-corrected chi connectivity index (χ1v) is 9.58. The largest absolute Gasteiger partial charge is 0.356 e. The van der Waals surface area contributed by atoms with Gasteiger partial charge in [-0.15, -0.1) is 0 Å². The molecule has 130 valence electrons. The smallest absolute Gasteiger partial charge is 0.243 e. The summed E-state index contributed by atoms with van der Waals surface area (Å²) in [6, 6.07) is 0. The van der Waals surface area contributed by atoms with Crippen molar-refractivity contribution >= 4 is 23.6 Å². The zero-order chi connectivity index (χ0) is 16.8. The second-order valence-corrected chi connectivity index (χ2v) is 7.05. The van der Waals surface area contributed by atoms with Gasteiger partial charge in [0.15, 0.2) is 5.96 Å². The summed E-state index contributed by atoms with van der Waals surface area (Å²) in [7, 11) is 3.50. The van der Waals surface area contributed by atoms with Crippen LogP contribution in [-0.4, -0.2) is 62.5 Å². The topological polar surface area (TPSA) is 56.7 Å². The van der Waals surface area contributed by atoms with Crippen LogP contribution in [0.25, 0.3) is 0 Å². The lowest BCUT2D eigenvalue weighted by molar-refractivity contribution is -0.127. The maximum absolute atomic E-state index is 11.6. The van der Waals surface area contributed by atoms with Gasteiger partial charge in [0.05, 0.1) is 0 Å². The minimum absolute atomic E-state index is 0.0164. The van der Waals surface area contributed by atoms with Gasteiger partial charge >= 0.3 is 0 Å². The molecule has 2 N–H and O–H groups in total. The third-order valence-electron chi connectivity index (χ3n) is 3.12. The highest BCUT2D eigenvalue weighted by Crippen LogP contribution is 2.03. The molecule has 0 aliphatic heterocycles. The molecule has 0 unspecified atom stereocenters. The van der Waals surface area contributed by atoms with E-state index in [4.69, 9.17) is 0 Å². The Labute approximate surface area is 140 Å². The summed E-state index contributed by atoms with van der Waals surface area (Å²) >= 11 is 1.91. The van der Waals surface area contributed by atoms with Crippen molar-refractivity contribution in [3.63, 3.8) is 0 Å². The predicted molar refractivity (Wildman–Crippen MR) is 98.7 cm³/mol. The molecule has 0 saturated carbocycles. The molecule has 0 atom stereocenters. The lowest BCUT2D eigenvalue weighted by Crippen LogP contribution is -2.40. The fourth-order valence-corrected chi connectivity index (χ4v) is 2.19. The molecule has 0 heterocycles. The first kappa shape index (κ1) is 21.1. The van der Waals surface area contributed by atoms with Crippen LogP contribution in [0.2, 0.25) is 0 Å². The molecule has 0 rings (SSSR count). The lowest BCUT2D eigenvalue weighted by Gasteiger charge is -2.15. The van der Waals surface area contributed by atoms with E-state index in [1.165, 1.54) is 25.0 Å². The van der Waals surface area contributed by atoms with Crippen molar-refractivity contribution in [2.45, 2.75) is 39.5 Å². The van der Waals surface area contributed by atoms with Gasteiger partial charge in [-0.1, -0.05) is 26.7 Å². The molecule has 0 aliphatic rings. The number of nitrogens with one attached hydrogen (secondary N) is 2. The van der Waals surface area contributed by atoms with Crippen molar-refractivity contribution in [2.24, 2.45) is 10.9 Å². The Morgan fingerprint density at radius 1 is 1.14 bits per heavy atom. The van der Waals surface area contributed by atoms with Crippen LogP contribution in [0.3, 0.4) is 0 Å². The van der Waals surface area contributed by atoms with E-state index in [9.17, 15) is 4.79 Å². The van der Waals surface area contributed by atoms with Crippen molar-refractivity contribution < 1.29 is 4.79 Å². The van der Waals surface area contributed by atoms with Crippen LogP contribution in [0.5, 0.6) is 0 Å². The van der Waals surface area contributed by atoms with Crippen molar-refractivity contribution in [3.8, 4) is 0 Å². The number of rotatable bonds is 11. The second-order valence-electron chi connectivity index (χ2n) is 6.06. The third-order valence-corrected chi connectivity index (χ3v) is 3.81. The van der Waals surface area contributed by atoms with Gasteiger partial charge in [0, 0.05) is 27.2 Å². The Morgan fingerprint density at radius 3 is 2.41 bits per heavy atom. The van der Waals surface area contributed by atoms with Crippen LogP contribution in [-0.2, 0) is 4.79 Å². The molecule has 0 aromatic carbocycles. The number of hydrogen-bond acceptors (Lipinski definition) is 3. The highest BCUT2D eigenvalue weighted by atomic mass is 32.2. The Bertz CT molecular complexity index is 319. The number of nitrogens with zero attached hydrogens (tertiary/aromatic N) is 2. The van der Waals surface area contributed by atoms with Gasteiger partial charge < -0.3 is 15.5 Å². The molecule has 0 fully saturated rings. The molecule has 0 spiro atoms. The van der Waals surface area contributed by atoms with E-state index in [2.05, 4.69) is 35.7 Å². The molecule has 1 amide bonds. The van der Waals surface area contributed by atoms with Gasteiger partial charge in [-0.3, -0.25) is 4.79 Å². The Morgan fingerprint density at radius 2 is 1.82 bits per heavy atom. The summed E-state index contributed by atoms with van der Waals surface area (Å²) in [6.07, 6.45) is 7.11. The Balaban J connectivity index is 4.07. The lowest BCUT2D eigenvalue weighted by atomic mass is 10.2. The summed E-state index contributed by atoms with van der Waals surface area (Å²) in [5, 5.41) is 6.61. The molecular weight excluding hydrogens is 296 g/mol. The maximum atomic E-state index is 11.6. The van der Waals surface area contributed by atoms with E-state index in [0.29, 0.717) is 5.92 Å². The molecule has 0 saturated heterocycles. The predicted octanol–water partition coefficient (Wildman–Crippen LogP) is 2.19. The fourth-order valence-electron chi connectivity index (χ4n) is 1.69. The van der Waals surface area contributed by atoms with Crippen LogP contribution in [0.4, 0.5) is 0 Å². The average Bonchev–Trinajstić information content (AvgIpc) is 2.47. The maximum Gasteiger partial charge on any atom is 0.243 e. The zero-order valence-corrected chi connectivity index (χ0v) is 15.8. The summed E-state index contributed by atoms with van der Waals surface area (Å²) < 4.78 is 0. The number of thioether (sulfide) groups is 1. The number of hydrogen-bond donors (Lipinski definition) is 2. The van der Waals surface area contributed by atoms with Crippen LogP contribution >= 0.6 is 11.8 Å². The minimum atomic E-state index is 0.0164. The molecule has 0 aliphatic carbocycles. The van der Waals surface area contributed by atoms with E-state index in [-0.39, 0.29) is 12.5 Å². The first-order chi connectivity index (χ1) is 10.5. The molecule has 5 nitrogen and oxygen atoms in total. The number of carbonyl (C=O) groups excluding carboxylic acids is 1.